The van der Waals surface area contributed by atoms with E-state index in [-0.39, 0.29) is 22.4 Å². The van der Waals surface area contributed by atoms with Crippen molar-refractivity contribution in [2.45, 2.75) is 13.1 Å². The van der Waals surface area contributed by atoms with Crippen molar-refractivity contribution in [1.29, 1.82) is 0 Å². The molecule has 0 atom stereocenters. The first kappa shape index (κ1) is 24.6. The molecule has 36 heavy (non-hydrogen) atoms. The Morgan fingerprint density at radius 2 is 1.56 bits per heavy atom. The quantitative estimate of drug-likeness (QED) is 0.232. The molecule has 3 aromatic carbocycles. The second-order valence-corrected chi connectivity index (χ2v) is 7.65. The van der Waals surface area contributed by atoms with Gasteiger partial charge in [0.25, 0.3) is 5.76 Å². The Balaban J connectivity index is 1.74. The average Bonchev–Trinajstić information content (AvgIpc) is 2.84. The first-order valence-electron chi connectivity index (χ1n) is 10.5. The van der Waals surface area contributed by atoms with Crippen LogP contribution in [0.2, 0.25) is 0 Å². The maximum absolute atomic E-state index is 13.8. The summed E-state index contributed by atoms with van der Waals surface area (Å²) in [5, 5.41) is -0.187. The second kappa shape index (κ2) is 9.65. The molecule has 10 heteroatoms. The summed E-state index contributed by atoms with van der Waals surface area (Å²) >= 11 is 0. The minimum Gasteiger partial charge on any atom is -0.497 e. The van der Waals surface area contributed by atoms with Gasteiger partial charge in [-0.25, -0.2) is 4.79 Å². The third-order valence-corrected chi connectivity index (χ3v) is 5.09. The van der Waals surface area contributed by atoms with Gasteiger partial charge >= 0.3 is 12.1 Å². The SMILES string of the molecule is COc1cc(OC)cc(C(=O)Oc2ccc3c(=O)c(Oc4cccc(C)c4)c(C(F)(F)F)oc3c2)c1. The predicted molar refractivity (Wildman–Crippen MR) is 123 cm³/mol. The third-order valence-electron chi connectivity index (χ3n) is 5.09. The van der Waals surface area contributed by atoms with Crippen LogP contribution in [0.1, 0.15) is 21.7 Å². The predicted octanol–water partition coefficient (Wildman–Crippen LogP) is 6.15. The lowest BCUT2D eigenvalue weighted by Gasteiger charge is -2.14. The summed E-state index contributed by atoms with van der Waals surface area (Å²) < 4.78 is 67.3. The van der Waals surface area contributed by atoms with Crippen LogP contribution in [-0.4, -0.2) is 20.2 Å². The molecule has 186 valence electrons. The van der Waals surface area contributed by atoms with Crippen molar-refractivity contribution in [3.63, 3.8) is 0 Å². The van der Waals surface area contributed by atoms with Crippen molar-refractivity contribution in [3.8, 4) is 28.7 Å². The van der Waals surface area contributed by atoms with Crippen molar-refractivity contribution < 1.29 is 41.3 Å². The molecule has 0 aliphatic rings. The van der Waals surface area contributed by atoms with Crippen molar-refractivity contribution in [2.24, 2.45) is 0 Å². The number of esters is 1. The van der Waals surface area contributed by atoms with Gasteiger partial charge in [0.1, 0.15) is 28.6 Å². The molecule has 0 unspecified atom stereocenters. The van der Waals surface area contributed by atoms with E-state index in [0.29, 0.717) is 11.5 Å². The van der Waals surface area contributed by atoms with Crippen molar-refractivity contribution in [3.05, 3.63) is 87.8 Å². The molecule has 0 bridgehead atoms. The molecule has 1 heterocycles. The maximum Gasteiger partial charge on any atom is 0.453 e. The minimum absolute atomic E-state index is 0.0476. The largest absolute Gasteiger partial charge is 0.497 e. The van der Waals surface area contributed by atoms with Gasteiger partial charge in [-0.05, 0) is 48.9 Å². The maximum atomic E-state index is 13.8. The molecule has 7 nitrogen and oxygen atoms in total. The van der Waals surface area contributed by atoms with E-state index < -0.39 is 34.7 Å². The number of carbonyl (C=O) groups is 1. The van der Waals surface area contributed by atoms with Gasteiger partial charge in [-0.1, -0.05) is 12.1 Å². The molecule has 0 spiro atoms. The Morgan fingerprint density at radius 1 is 0.861 bits per heavy atom. The van der Waals surface area contributed by atoms with Gasteiger partial charge in [-0.2, -0.15) is 13.2 Å². The number of carbonyl (C=O) groups excluding carboxylic acids is 1. The van der Waals surface area contributed by atoms with Crippen molar-refractivity contribution in [1.82, 2.24) is 0 Å². The van der Waals surface area contributed by atoms with Gasteiger partial charge < -0.3 is 23.4 Å². The van der Waals surface area contributed by atoms with Crippen LogP contribution in [0.25, 0.3) is 11.0 Å². The zero-order valence-corrected chi connectivity index (χ0v) is 19.3. The molecule has 0 N–H and O–H groups in total. The molecule has 0 fully saturated rings. The number of rotatable bonds is 6. The standard InChI is InChI=1S/C26H19F3O7/c1-14-5-4-6-16(9-14)34-23-22(30)20-8-7-17(13-21(20)36-24(23)26(27,28)29)35-25(31)15-10-18(32-2)12-19(11-15)33-3/h4-13H,1-3H3. The van der Waals surface area contributed by atoms with Crippen molar-refractivity contribution in [2.75, 3.05) is 14.2 Å². The van der Waals surface area contributed by atoms with Crippen LogP contribution in [0.4, 0.5) is 13.2 Å². The van der Waals surface area contributed by atoms with Gasteiger partial charge in [0.05, 0.1) is 25.2 Å². The fourth-order valence-corrected chi connectivity index (χ4v) is 3.39. The summed E-state index contributed by atoms with van der Waals surface area (Å²) in [6.07, 6.45) is -5.03. The lowest BCUT2D eigenvalue weighted by Crippen LogP contribution is -2.15. The second-order valence-electron chi connectivity index (χ2n) is 7.65. The van der Waals surface area contributed by atoms with Crippen LogP contribution < -0.4 is 24.4 Å². The number of aryl methyl sites for hydroxylation is 1. The summed E-state index contributed by atoms with van der Waals surface area (Å²) in [6.45, 7) is 1.73. The molecule has 0 aliphatic heterocycles. The number of methoxy groups -OCH3 is 2. The van der Waals surface area contributed by atoms with Crippen LogP contribution in [0.5, 0.6) is 28.7 Å². The Hall–Kier alpha value is -4.47. The number of halogens is 3. The molecule has 0 saturated carbocycles. The number of fused-ring (bicyclic) bond motifs is 1. The van der Waals surface area contributed by atoms with Crippen LogP contribution in [0.15, 0.2) is 69.9 Å². The van der Waals surface area contributed by atoms with Crippen LogP contribution in [-0.2, 0) is 6.18 Å². The third kappa shape index (κ3) is 5.12. The topological polar surface area (TPSA) is 84.2 Å². The fraction of sp³-hybridized carbons (Fsp3) is 0.154. The van der Waals surface area contributed by atoms with Crippen LogP contribution in [0, 0.1) is 6.92 Å². The Kier molecular flexibility index (Phi) is 6.61. The zero-order chi connectivity index (χ0) is 26.0. The molecule has 4 rings (SSSR count). The number of benzene rings is 3. The van der Waals surface area contributed by atoms with Gasteiger partial charge in [-0.3, -0.25) is 4.79 Å². The van der Waals surface area contributed by atoms with Gasteiger partial charge in [0.15, 0.2) is 0 Å². The van der Waals surface area contributed by atoms with E-state index in [9.17, 15) is 22.8 Å². The molecule has 0 aliphatic carbocycles. The first-order chi connectivity index (χ1) is 17.1. The van der Waals surface area contributed by atoms with E-state index >= 15 is 0 Å². The van der Waals surface area contributed by atoms with Gasteiger partial charge in [-0.15, -0.1) is 0 Å². The number of hydrogen-bond donors (Lipinski definition) is 0. The van der Waals surface area contributed by atoms with Gasteiger partial charge in [0, 0.05) is 12.1 Å². The summed E-state index contributed by atoms with van der Waals surface area (Å²) in [5.41, 5.74) is -0.657. The highest BCUT2D eigenvalue weighted by molar-refractivity contribution is 5.92. The highest BCUT2D eigenvalue weighted by Crippen LogP contribution is 2.39. The lowest BCUT2D eigenvalue weighted by atomic mass is 10.2. The zero-order valence-electron chi connectivity index (χ0n) is 19.3. The number of alkyl halides is 3. The number of hydrogen-bond acceptors (Lipinski definition) is 7. The van der Waals surface area contributed by atoms with E-state index in [2.05, 4.69) is 0 Å². The summed E-state index contributed by atoms with van der Waals surface area (Å²) in [6, 6.07) is 14.1. The highest BCUT2D eigenvalue weighted by atomic mass is 19.4. The normalized spacial score (nSPS) is 11.3. The van der Waals surface area contributed by atoms with Crippen LogP contribution in [0.3, 0.4) is 0 Å². The summed E-state index contributed by atoms with van der Waals surface area (Å²) in [5.74, 6) is -2.85. The molecule has 0 radical (unpaired) electrons. The highest BCUT2D eigenvalue weighted by Gasteiger charge is 2.40. The molecule has 1 aromatic heterocycles. The van der Waals surface area contributed by atoms with E-state index in [1.807, 2.05) is 0 Å². The molecule has 0 saturated heterocycles. The Labute approximate surface area is 202 Å². The Bertz CT molecular complexity index is 1480. The van der Waals surface area contributed by atoms with E-state index in [4.69, 9.17) is 23.4 Å². The number of ether oxygens (including phenoxy) is 4. The molecule has 0 amide bonds. The summed E-state index contributed by atoms with van der Waals surface area (Å²) in [7, 11) is 2.81. The van der Waals surface area contributed by atoms with E-state index in [1.165, 1.54) is 50.6 Å². The average molecular weight is 500 g/mol. The molecule has 4 aromatic rings. The smallest absolute Gasteiger partial charge is 0.453 e. The van der Waals surface area contributed by atoms with Gasteiger partial charge in [0.2, 0.25) is 11.2 Å². The Morgan fingerprint density at radius 3 is 2.17 bits per heavy atom. The van der Waals surface area contributed by atoms with Crippen molar-refractivity contribution >= 4 is 16.9 Å². The minimum atomic E-state index is -5.03. The monoisotopic (exact) mass is 500 g/mol. The first-order valence-corrected chi connectivity index (χ1v) is 10.5. The fourth-order valence-electron chi connectivity index (χ4n) is 3.39. The molecular weight excluding hydrogens is 481 g/mol. The van der Waals surface area contributed by atoms with E-state index in [0.717, 1.165) is 11.6 Å². The summed E-state index contributed by atoms with van der Waals surface area (Å²) in [4.78, 5) is 25.6. The lowest BCUT2D eigenvalue weighted by molar-refractivity contribution is -0.154. The van der Waals surface area contributed by atoms with Crippen LogP contribution >= 0.6 is 0 Å². The molecular formula is C26H19F3O7. The van der Waals surface area contributed by atoms with E-state index in [1.54, 1.807) is 25.1 Å².